The molecule has 0 aliphatic heterocycles. The van der Waals surface area contributed by atoms with Gasteiger partial charge in [-0.05, 0) is 27.7 Å². The molecule has 1 amide bonds. The summed E-state index contributed by atoms with van der Waals surface area (Å²) in [5, 5.41) is 11.2. The molecular weight excluding hydrogens is 170 g/mol. The van der Waals surface area contributed by atoms with E-state index in [9.17, 15) is 4.79 Å². The van der Waals surface area contributed by atoms with E-state index in [1.807, 2.05) is 20.8 Å². The van der Waals surface area contributed by atoms with Crippen LogP contribution >= 0.6 is 0 Å². The Labute approximate surface area is 79.3 Å². The first-order valence-electron chi connectivity index (χ1n) is 4.39. The SMILES string of the molecule is CC(CO)NC(=O)COC(C)(C)C. The maximum atomic E-state index is 11.1. The molecule has 0 rings (SSSR count). The second-order valence-corrected chi connectivity index (χ2v) is 4.05. The van der Waals surface area contributed by atoms with E-state index in [1.165, 1.54) is 0 Å². The van der Waals surface area contributed by atoms with E-state index < -0.39 is 0 Å². The Morgan fingerprint density at radius 2 is 2.08 bits per heavy atom. The third-order valence-electron chi connectivity index (χ3n) is 1.32. The molecule has 0 aliphatic carbocycles. The molecule has 0 saturated heterocycles. The minimum Gasteiger partial charge on any atom is -0.394 e. The van der Waals surface area contributed by atoms with Gasteiger partial charge in [-0.1, -0.05) is 0 Å². The zero-order chi connectivity index (χ0) is 10.5. The van der Waals surface area contributed by atoms with Gasteiger partial charge in [-0.3, -0.25) is 4.79 Å². The lowest BCUT2D eigenvalue weighted by molar-refractivity contribution is -0.131. The number of aliphatic hydroxyl groups excluding tert-OH is 1. The van der Waals surface area contributed by atoms with Crippen molar-refractivity contribution in [2.45, 2.75) is 39.3 Å². The second-order valence-electron chi connectivity index (χ2n) is 4.05. The highest BCUT2D eigenvalue weighted by molar-refractivity contribution is 5.77. The van der Waals surface area contributed by atoms with Gasteiger partial charge in [0.25, 0.3) is 0 Å². The molecule has 0 aromatic carbocycles. The fraction of sp³-hybridized carbons (Fsp3) is 0.889. The molecule has 0 bridgehead atoms. The summed E-state index contributed by atoms with van der Waals surface area (Å²) in [7, 11) is 0. The molecule has 0 radical (unpaired) electrons. The standard InChI is InChI=1S/C9H19NO3/c1-7(5-11)10-8(12)6-13-9(2,3)4/h7,11H,5-6H2,1-4H3,(H,10,12). The van der Waals surface area contributed by atoms with Gasteiger partial charge >= 0.3 is 0 Å². The van der Waals surface area contributed by atoms with E-state index in [-0.39, 0.29) is 30.8 Å². The quantitative estimate of drug-likeness (QED) is 0.668. The Balaban J connectivity index is 3.64. The summed E-state index contributed by atoms with van der Waals surface area (Å²) in [5.74, 6) is -0.198. The highest BCUT2D eigenvalue weighted by atomic mass is 16.5. The van der Waals surface area contributed by atoms with Gasteiger partial charge in [-0.15, -0.1) is 0 Å². The fourth-order valence-corrected chi connectivity index (χ4v) is 0.644. The number of hydrogen-bond acceptors (Lipinski definition) is 3. The predicted molar refractivity (Wildman–Crippen MR) is 50.4 cm³/mol. The summed E-state index contributed by atoms with van der Waals surface area (Å²) in [6.07, 6.45) is 0. The van der Waals surface area contributed by atoms with Crippen LogP contribution in [0.25, 0.3) is 0 Å². The summed E-state index contributed by atoms with van der Waals surface area (Å²) in [6.45, 7) is 7.37. The Hall–Kier alpha value is -0.610. The van der Waals surface area contributed by atoms with Crippen LogP contribution in [-0.4, -0.2) is 35.9 Å². The van der Waals surface area contributed by atoms with Gasteiger partial charge < -0.3 is 15.2 Å². The molecule has 0 aromatic heterocycles. The van der Waals surface area contributed by atoms with Crippen molar-refractivity contribution in [1.29, 1.82) is 0 Å². The molecule has 2 N–H and O–H groups in total. The third-order valence-corrected chi connectivity index (χ3v) is 1.32. The van der Waals surface area contributed by atoms with Crippen molar-refractivity contribution < 1.29 is 14.6 Å². The molecule has 4 heteroatoms. The topological polar surface area (TPSA) is 58.6 Å². The first-order valence-corrected chi connectivity index (χ1v) is 4.39. The summed E-state index contributed by atoms with van der Waals surface area (Å²) in [4.78, 5) is 11.1. The van der Waals surface area contributed by atoms with Gasteiger partial charge in [-0.25, -0.2) is 0 Å². The first kappa shape index (κ1) is 12.4. The molecule has 0 spiro atoms. The van der Waals surface area contributed by atoms with Crippen LogP contribution in [-0.2, 0) is 9.53 Å². The van der Waals surface area contributed by atoms with Crippen LogP contribution in [0.2, 0.25) is 0 Å². The molecule has 78 valence electrons. The minimum absolute atomic E-state index is 0.0356. The maximum absolute atomic E-state index is 11.1. The highest BCUT2D eigenvalue weighted by Gasteiger charge is 2.13. The lowest BCUT2D eigenvalue weighted by Crippen LogP contribution is -2.39. The van der Waals surface area contributed by atoms with Gasteiger partial charge in [0, 0.05) is 6.04 Å². The van der Waals surface area contributed by atoms with Crippen molar-refractivity contribution in [2.24, 2.45) is 0 Å². The zero-order valence-electron chi connectivity index (χ0n) is 8.76. The van der Waals surface area contributed by atoms with Crippen molar-refractivity contribution in [1.82, 2.24) is 5.32 Å². The van der Waals surface area contributed by atoms with E-state index in [1.54, 1.807) is 6.92 Å². The van der Waals surface area contributed by atoms with Crippen LogP contribution in [0.5, 0.6) is 0 Å². The van der Waals surface area contributed by atoms with Crippen LogP contribution in [0.3, 0.4) is 0 Å². The maximum Gasteiger partial charge on any atom is 0.246 e. The second kappa shape index (κ2) is 5.19. The van der Waals surface area contributed by atoms with Gasteiger partial charge in [0.15, 0.2) is 0 Å². The molecular formula is C9H19NO3. The van der Waals surface area contributed by atoms with Crippen molar-refractivity contribution in [3.8, 4) is 0 Å². The fourth-order valence-electron chi connectivity index (χ4n) is 0.644. The van der Waals surface area contributed by atoms with E-state index >= 15 is 0 Å². The molecule has 0 saturated carbocycles. The summed E-state index contributed by atoms with van der Waals surface area (Å²) >= 11 is 0. The number of amides is 1. The number of hydrogen-bond donors (Lipinski definition) is 2. The number of ether oxygens (including phenoxy) is 1. The molecule has 0 fully saturated rings. The summed E-state index contributed by atoms with van der Waals surface area (Å²) in [5.41, 5.74) is -0.306. The van der Waals surface area contributed by atoms with Crippen LogP contribution in [0.1, 0.15) is 27.7 Å². The average molecular weight is 189 g/mol. The molecule has 0 aromatic rings. The van der Waals surface area contributed by atoms with Gasteiger partial charge in [0.2, 0.25) is 5.91 Å². The lowest BCUT2D eigenvalue weighted by atomic mass is 10.2. The molecule has 4 nitrogen and oxygen atoms in total. The Bertz CT molecular complexity index is 163. The van der Waals surface area contributed by atoms with Crippen LogP contribution in [0.15, 0.2) is 0 Å². The van der Waals surface area contributed by atoms with Crippen LogP contribution in [0.4, 0.5) is 0 Å². The normalized spacial score (nSPS) is 13.9. The molecule has 1 atom stereocenters. The average Bonchev–Trinajstić information content (AvgIpc) is 1.99. The lowest BCUT2D eigenvalue weighted by Gasteiger charge is -2.19. The van der Waals surface area contributed by atoms with Crippen molar-refractivity contribution in [3.63, 3.8) is 0 Å². The highest BCUT2D eigenvalue weighted by Crippen LogP contribution is 2.05. The van der Waals surface area contributed by atoms with Crippen molar-refractivity contribution >= 4 is 5.91 Å². The Morgan fingerprint density at radius 1 is 1.54 bits per heavy atom. The van der Waals surface area contributed by atoms with Crippen LogP contribution < -0.4 is 5.32 Å². The smallest absolute Gasteiger partial charge is 0.246 e. The molecule has 0 aliphatic rings. The van der Waals surface area contributed by atoms with Crippen molar-refractivity contribution in [3.05, 3.63) is 0 Å². The number of carbonyl (C=O) groups is 1. The van der Waals surface area contributed by atoms with Crippen molar-refractivity contribution in [2.75, 3.05) is 13.2 Å². The monoisotopic (exact) mass is 189 g/mol. The van der Waals surface area contributed by atoms with E-state index in [0.717, 1.165) is 0 Å². The van der Waals surface area contributed by atoms with E-state index in [4.69, 9.17) is 9.84 Å². The minimum atomic E-state index is -0.306. The predicted octanol–water partition coefficient (Wildman–Crippen LogP) is 0.298. The number of nitrogens with one attached hydrogen (secondary N) is 1. The Kier molecular flexibility index (Phi) is 4.95. The zero-order valence-corrected chi connectivity index (χ0v) is 8.76. The van der Waals surface area contributed by atoms with E-state index in [0.29, 0.717) is 0 Å². The summed E-state index contributed by atoms with van der Waals surface area (Å²) < 4.78 is 5.24. The van der Waals surface area contributed by atoms with Crippen LogP contribution in [0, 0.1) is 0 Å². The number of rotatable bonds is 4. The summed E-state index contributed by atoms with van der Waals surface area (Å²) in [6, 6.07) is -0.212. The molecule has 0 heterocycles. The largest absolute Gasteiger partial charge is 0.394 e. The number of aliphatic hydroxyl groups is 1. The first-order chi connectivity index (χ1) is 5.85. The van der Waals surface area contributed by atoms with Gasteiger partial charge in [-0.2, -0.15) is 0 Å². The van der Waals surface area contributed by atoms with Gasteiger partial charge in [0.05, 0.1) is 12.2 Å². The third kappa shape index (κ3) is 7.74. The molecule has 13 heavy (non-hydrogen) atoms. The molecule has 1 unspecified atom stereocenters. The number of carbonyl (C=O) groups excluding carboxylic acids is 1. The van der Waals surface area contributed by atoms with E-state index in [2.05, 4.69) is 5.32 Å². The van der Waals surface area contributed by atoms with Gasteiger partial charge in [0.1, 0.15) is 6.61 Å². The Morgan fingerprint density at radius 3 is 2.46 bits per heavy atom.